The van der Waals surface area contributed by atoms with Crippen molar-refractivity contribution in [2.75, 3.05) is 13.2 Å². The van der Waals surface area contributed by atoms with Crippen LogP contribution in [0.5, 0.6) is 0 Å². The molecular formula is C61H119NO5. The molecular weight excluding hydrogens is 827 g/mol. The molecule has 0 saturated heterocycles. The molecule has 0 aromatic heterocycles. The summed E-state index contributed by atoms with van der Waals surface area (Å²) in [5.41, 5.74) is 0. The monoisotopic (exact) mass is 946 g/mol. The van der Waals surface area contributed by atoms with Crippen molar-refractivity contribution in [3.05, 3.63) is 12.2 Å². The van der Waals surface area contributed by atoms with Crippen LogP contribution in [0.4, 0.5) is 0 Å². The molecule has 398 valence electrons. The van der Waals surface area contributed by atoms with Crippen LogP contribution in [-0.2, 0) is 14.3 Å². The first-order chi connectivity index (χ1) is 33.0. The van der Waals surface area contributed by atoms with Gasteiger partial charge < -0.3 is 20.3 Å². The largest absolute Gasteiger partial charge is 0.466 e. The molecule has 0 saturated carbocycles. The normalized spacial score (nSPS) is 12.6. The molecule has 0 radical (unpaired) electrons. The summed E-state index contributed by atoms with van der Waals surface area (Å²) in [4.78, 5) is 24.5. The van der Waals surface area contributed by atoms with Gasteiger partial charge in [0.25, 0.3) is 0 Å². The van der Waals surface area contributed by atoms with Crippen molar-refractivity contribution in [3.8, 4) is 0 Å². The summed E-state index contributed by atoms with van der Waals surface area (Å²) in [5.74, 6) is -0.0276. The van der Waals surface area contributed by atoms with Crippen LogP contribution in [0.2, 0.25) is 0 Å². The molecule has 67 heavy (non-hydrogen) atoms. The molecule has 0 bridgehead atoms. The van der Waals surface area contributed by atoms with Crippen LogP contribution >= 0.6 is 0 Å². The van der Waals surface area contributed by atoms with E-state index < -0.39 is 12.1 Å². The van der Waals surface area contributed by atoms with Crippen LogP contribution < -0.4 is 5.32 Å². The van der Waals surface area contributed by atoms with E-state index in [0.29, 0.717) is 25.9 Å². The van der Waals surface area contributed by atoms with E-state index in [4.69, 9.17) is 4.74 Å². The van der Waals surface area contributed by atoms with Gasteiger partial charge in [-0.25, -0.2) is 0 Å². The Kier molecular flexibility index (Phi) is 56.0. The summed E-state index contributed by atoms with van der Waals surface area (Å²) in [5, 5.41) is 23.3. The fourth-order valence-corrected chi connectivity index (χ4v) is 9.64. The number of hydrogen-bond acceptors (Lipinski definition) is 5. The summed E-state index contributed by atoms with van der Waals surface area (Å²) in [7, 11) is 0. The van der Waals surface area contributed by atoms with E-state index in [1.807, 2.05) is 0 Å². The number of ether oxygens (including phenoxy) is 1. The van der Waals surface area contributed by atoms with Gasteiger partial charge in [-0.2, -0.15) is 0 Å². The SMILES string of the molecule is CCCCCCCCCCCCCCCCCC(O)C(CO)NC(=O)CCCCCCCCC/C=C\CCCCCCCCCCCCCOC(=O)CCCCCCCCCCCCCCC. The van der Waals surface area contributed by atoms with Gasteiger partial charge in [0.15, 0.2) is 0 Å². The number of amides is 1. The molecule has 0 heterocycles. The van der Waals surface area contributed by atoms with Crippen LogP contribution in [0, 0.1) is 0 Å². The van der Waals surface area contributed by atoms with Crippen molar-refractivity contribution in [1.29, 1.82) is 0 Å². The number of unbranched alkanes of at least 4 members (excludes halogenated alkanes) is 44. The zero-order chi connectivity index (χ0) is 48.6. The number of hydrogen-bond donors (Lipinski definition) is 3. The van der Waals surface area contributed by atoms with Crippen molar-refractivity contribution in [2.24, 2.45) is 0 Å². The maximum absolute atomic E-state index is 12.5. The standard InChI is InChI=1S/C61H119NO5/c1-3-5-7-9-11-13-15-17-26-30-33-37-41-45-49-53-59(64)58(57-63)62-60(65)54-50-46-42-38-34-31-27-24-22-20-18-19-21-23-25-28-32-36-40-44-48-52-56-67-61(66)55-51-47-43-39-35-29-16-14-12-10-8-6-4-2/h20,22,58-59,63-64H,3-19,21,23-57H2,1-2H3,(H,62,65)/b22-20-. The highest BCUT2D eigenvalue weighted by molar-refractivity contribution is 5.76. The second kappa shape index (κ2) is 57.2. The van der Waals surface area contributed by atoms with Crippen molar-refractivity contribution < 1.29 is 24.5 Å². The van der Waals surface area contributed by atoms with Gasteiger partial charge in [0.2, 0.25) is 5.91 Å². The van der Waals surface area contributed by atoms with Gasteiger partial charge >= 0.3 is 5.97 Å². The molecule has 0 aromatic rings. The third-order valence-electron chi connectivity index (χ3n) is 14.3. The van der Waals surface area contributed by atoms with E-state index in [2.05, 4.69) is 31.3 Å². The minimum atomic E-state index is -0.667. The first kappa shape index (κ1) is 65.6. The first-order valence-corrected chi connectivity index (χ1v) is 30.4. The molecule has 6 nitrogen and oxygen atoms in total. The number of carbonyl (C=O) groups is 2. The van der Waals surface area contributed by atoms with E-state index >= 15 is 0 Å². The lowest BCUT2D eigenvalue weighted by Gasteiger charge is -2.22. The Morgan fingerprint density at radius 3 is 1.06 bits per heavy atom. The maximum atomic E-state index is 12.5. The van der Waals surface area contributed by atoms with E-state index in [1.54, 1.807) is 0 Å². The highest BCUT2D eigenvalue weighted by atomic mass is 16.5. The number of carbonyl (C=O) groups excluding carboxylic acids is 2. The number of aliphatic hydroxyl groups excluding tert-OH is 2. The summed E-state index contributed by atoms with van der Waals surface area (Å²) in [6, 6.07) is -0.545. The van der Waals surface area contributed by atoms with E-state index in [1.165, 1.54) is 270 Å². The van der Waals surface area contributed by atoms with Gasteiger partial charge in [0.05, 0.1) is 25.4 Å². The van der Waals surface area contributed by atoms with Gasteiger partial charge in [0.1, 0.15) is 0 Å². The minimum Gasteiger partial charge on any atom is -0.466 e. The lowest BCUT2D eigenvalue weighted by molar-refractivity contribution is -0.143. The summed E-state index contributed by atoms with van der Waals surface area (Å²) in [6.07, 6.45) is 67.8. The molecule has 0 aliphatic rings. The fraction of sp³-hybridized carbons (Fsp3) is 0.934. The van der Waals surface area contributed by atoms with Gasteiger partial charge in [-0.3, -0.25) is 9.59 Å². The van der Waals surface area contributed by atoms with E-state index in [-0.39, 0.29) is 18.5 Å². The Morgan fingerprint density at radius 2 is 0.701 bits per heavy atom. The molecule has 0 aliphatic heterocycles. The fourth-order valence-electron chi connectivity index (χ4n) is 9.64. The second-order valence-electron chi connectivity index (χ2n) is 21.0. The molecule has 0 aromatic carbocycles. The highest BCUT2D eigenvalue weighted by Gasteiger charge is 2.20. The van der Waals surface area contributed by atoms with Crippen molar-refractivity contribution >= 4 is 11.9 Å². The molecule has 1 amide bonds. The summed E-state index contributed by atoms with van der Waals surface area (Å²) in [6.45, 7) is 4.97. The Balaban J connectivity index is 3.40. The average Bonchev–Trinajstić information content (AvgIpc) is 3.33. The van der Waals surface area contributed by atoms with Crippen LogP contribution in [0.3, 0.4) is 0 Å². The number of rotatable bonds is 57. The summed E-state index contributed by atoms with van der Waals surface area (Å²) < 4.78 is 5.48. The molecule has 6 heteroatoms. The Morgan fingerprint density at radius 1 is 0.403 bits per heavy atom. The maximum Gasteiger partial charge on any atom is 0.305 e. The lowest BCUT2D eigenvalue weighted by Crippen LogP contribution is -2.45. The molecule has 0 rings (SSSR count). The lowest BCUT2D eigenvalue weighted by atomic mass is 10.0. The first-order valence-electron chi connectivity index (χ1n) is 30.4. The van der Waals surface area contributed by atoms with E-state index in [9.17, 15) is 19.8 Å². The minimum absolute atomic E-state index is 0.0121. The number of aliphatic hydroxyl groups is 2. The van der Waals surface area contributed by atoms with Gasteiger partial charge in [-0.1, -0.05) is 289 Å². The second-order valence-corrected chi connectivity index (χ2v) is 21.0. The van der Waals surface area contributed by atoms with Crippen LogP contribution in [-0.4, -0.2) is 47.4 Å². The predicted octanol–water partition coefficient (Wildman–Crippen LogP) is 18.9. The number of esters is 1. The van der Waals surface area contributed by atoms with Gasteiger partial charge in [0, 0.05) is 12.8 Å². The smallest absolute Gasteiger partial charge is 0.305 e. The summed E-state index contributed by atoms with van der Waals surface area (Å²) >= 11 is 0. The number of allylic oxidation sites excluding steroid dienone is 2. The topological polar surface area (TPSA) is 95.9 Å². The molecule has 0 fully saturated rings. The van der Waals surface area contributed by atoms with Crippen LogP contribution in [0.1, 0.15) is 341 Å². The Bertz CT molecular complexity index is 1000. The zero-order valence-electron chi connectivity index (χ0n) is 45.4. The predicted molar refractivity (Wildman–Crippen MR) is 292 cm³/mol. The highest BCUT2D eigenvalue weighted by Crippen LogP contribution is 2.18. The van der Waals surface area contributed by atoms with Crippen molar-refractivity contribution in [3.63, 3.8) is 0 Å². The third kappa shape index (κ3) is 53.8. The van der Waals surface area contributed by atoms with Crippen LogP contribution in [0.25, 0.3) is 0 Å². The van der Waals surface area contributed by atoms with Gasteiger partial charge in [-0.15, -0.1) is 0 Å². The molecule has 2 atom stereocenters. The van der Waals surface area contributed by atoms with E-state index in [0.717, 1.165) is 38.5 Å². The van der Waals surface area contributed by atoms with Crippen LogP contribution in [0.15, 0.2) is 12.2 Å². The average molecular weight is 947 g/mol. The molecule has 3 N–H and O–H groups in total. The van der Waals surface area contributed by atoms with Crippen molar-refractivity contribution in [2.45, 2.75) is 353 Å². The molecule has 0 spiro atoms. The Hall–Kier alpha value is -1.40. The Labute approximate surface area is 419 Å². The third-order valence-corrected chi connectivity index (χ3v) is 14.3. The van der Waals surface area contributed by atoms with Gasteiger partial charge in [-0.05, 0) is 51.4 Å². The molecule has 2 unspecified atom stereocenters. The molecule has 0 aliphatic carbocycles. The quantitative estimate of drug-likeness (QED) is 0.0321. The zero-order valence-corrected chi connectivity index (χ0v) is 45.4. The van der Waals surface area contributed by atoms with Crippen molar-refractivity contribution in [1.82, 2.24) is 5.32 Å². The number of nitrogens with one attached hydrogen (secondary N) is 1.